The Morgan fingerprint density at radius 2 is 2.08 bits per heavy atom. The molecule has 138 valence electrons. The highest BCUT2D eigenvalue weighted by atomic mass is 32.2. The van der Waals surface area contributed by atoms with E-state index in [1.165, 1.54) is 18.4 Å². The molecule has 4 N–H and O–H groups in total. The maximum absolute atomic E-state index is 5.42. The number of ether oxygens (including phenoxy) is 2. The average molecular weight is 384 g/mol. The highest BCUT2D eigenvalue weighted by Crippen LogP contribution is 2.38. The number of hydrogen-bond acceptors (Lipinski definition) is 9. The minimum Gasteiger partial charge on any atom is -0.493 e. The highest BCUT2D eigenvalue weighted by molar-refractivity contribution is 8.00. The van der Waals surface area contributed by atoms with Gasteiger partial charge in [-0.2, -0.15) is 16.1 Å². The third kappa shape index (κ3) is 4.02. The minimum absolute atomic E-state index is 0.291. The number of rotatable bonds is 7. The molecule has 9 heteroatoms. The van der Waals surface area contributed by atoms with E-state index < -0.39 is 0 Å². The molecule has 25 heavy (non-hydrogen) atoms. The van der Waals surface area contributed by atoms with Crippen LogP contribution in [0.2, 0.25) is 0 Å². The molecule has 2 heterocycles. The fourth-order valence-corrected chi connectivity index (χ4v) is 5.65. The van der Waals surface area contributed by atoms with Crippen molar-refractivity contribution in [3.05, 3.63) is 23.8 Å². The monoisotopic (exact) mass is 383 g/mol. The summed E-state index contributed by atoms with van der Waals surface area (Å²) < 4.78 is 10.8. The van der Waals surface area contributed by atoms with E-state index in [1.54, 1.807) is 14.2 Å². The van der Waals surface area contributed by atoms with Crippen LogP contribution in [0.25, 0.3) is 0 Å². The smallest absolute Gasteiger partial charge is 0.161 e. The van der Waals surface area contributed by atoms with Gasteiger partial charge < -0.3 is 9.47 Å². The molecular formula is C16H25N5O2S2. The summed E-state index contributed by atoms with van der Waals surface area (Å²) in [4.78, 5) is 0. The zero-order valence-electron chi connectivity index (χ0n) is 14.5. The summed E-state index contributed by atoms with van der Waals surface area (Å²) in [7, 11) is 3.34. The first-order valence-electron chi connectivity index (χ1n) is 8.54. The number of benzene rings is 1. The number of nitrogens with one attached hydrogen (secondary N) is 4. The fraction of sp³-hybridized carbons (Fsp3) is 0.625. The summed E-state index contributed by atoms with van der Waals surface area (Å²) in [5.74, 6) is 3.74. The van der Waals surface area contributed by atoms with Crippen molar-refractivity contribution in [3.8, 4) is 11.5 Å². The molecule has 1 aliphatic carbocycles. The molecule has 7 nitrogen and oxygen atoms in total. The van der Waals surface area contributed by atoms with Gasteiger partial charge in [0.25, 0.3) is 0 Å². The summed E-state index contributed by atoms with van der Waals surface area (Å²) in [6.07, 6.45) is 2.57. The summed E-state index contributed by atoms with van der Waals surface area (Å²) in [5, 5.41) is 6.33. The van der Waals surface area contributed by atoms with E-state index in [0.717, 1.165) is 23.0 Å². The lowest BCUT2D eigenvalue weighted by Crippen LogP contribution is -2.41. The Hall–Kier alpha value is -0.680. The van der Waals surface area contributed by atoms with E-state index in [2.05, 4.69) is 39.0 Å². The first-order valence-corrected chi connectivity index (χ1v) is 10.6. The lowest BCUT2D eigenvalue weighted by molar-refractivity contribution is 0.207. The van der Waals surface area contributed by atoms with E-state index in [0.29, 0.717) is 23.0 Å². The quantitative estimate of drug-likeness (QED) is 0.559. The van der Waals surface area contributed by atoms with Crippen LogP contribution in [0.5, 0.6) is 11.5 Å². The molecule has 1 aromatic carbocycles. The van der Waals surface area contributed by atoms with Crippen molar-refractivity contribution in [1.82, 2.24) is 26.8 Å². The molecular weight excluding hydrogens is 358 g/mol. The SMILES string of the molecule is COc1ccc(C2NC(CSC3NNNN3C3CC3)CS2)cc1OC. The average Bonchev–Trinajstić information content (AvgIpc) is 3.19. The Bertz CT molecular complexity index is 604. The van der Waals surface area contributed by atoms with Gasteiger partial charge in [-0.1, -0.05) is 6.07 Å². The molecule has 3 fully saturated rings. The van der Waals surface area contributed by atoms with Gasteiger partial charge in [0.05, 0.1) is 19.6 Å². The Morgan fingerprint density at radius 1 is 1.24 bits per heavy atom. The van der Waals surface area contributed by atoms with Crippen molar-refractivity contribution in [2.24, 2.45) is 0 Å². The number of methoxy groups -OCH3 is 2. The van der Waals surface area contributed by atoms with Crippen LogP contribution >= 0.6 is 23.5 Å². The van der Waals surface area contributed by atoms with Crippen molar-refractivity contribution in [2.45, 2.75) is 35.8 Å². The Balaban J connectivity index is 1.31. The van der Waals surface area contributed by atoms with Crippen LogP contribution in [0, 0.1) is 0 Å². The second-order valence-corrected chi connectivity index (χ2v) is 8.65. The summed E-state index contributed by atoms with van der Waals surface area (Å²) >= 11 is 3.89. The van der Waals surface area contributed by atoms with Gasteiger partial charge in [-0.3, -0.25) is 5.32 Å². The van der Waals surface area contributed by atoms with Crippen LogP contribution in [-0.2, 0) is 0 Å². The Morgan fingerprint density at radius 3 is 2.84 bits per heavy atom. The first kappa shape index (κ1) is 17.7. The van der Waals surface area contributed by atoms with E-state index in [1.807, 2.05) is 29.6 Å². The van der Waals surface area contributed by atoms with Gasteiger partial charge in [0.2, 0.25) is 0 Å². The van der Waals surface area contributed by atoms with E-state index in [9.17, 15) is 0 Å². The van der Waals surface area contributed by atoms with Crippen LogP contribution in [-0.4, -0.2) is 48.3 Å². The predicted molar refractivity (Wildman–Crippen MR) is 102 cm³/mol. The van der Waals surface area contributed by atoms with Crippen molar-refractivity contribution in [2.75, 3.05) is 25.7 Å². The van der Waals surface area contributed by atoms with Crippen LogP contribution in [0.4, 0.5) is 0 Å². The molecule has 3 aliphatic rings. The zero-order valence-corrected chi connectivity index (χ0v) is 16.1. The van der Waals surface area contributed by atoms with Gasteiger partial charge in [-0.25, -0.2) is 5.43 Å². The molecule has 0 amide bonds. The molecule has 3 atom stereocenters. The highest BCUT2D eigenvalue weighted by Gasteiger charge is 2.38. The van der Waals surface area contributed by atoms with Gasteiger partial charge in [0.1, 0.15) is 5.50 Å². The van der Waals surface area contributed by atoms with Gasteiger partial charge in [0.15, 0.2) is 11.5 Å². The molecule has 0 aromatic heterocycles. The maximum atomic E-state index is 5.42. The lowest BCUT2D eigenvalue weighted by atomic mass is 10.2. The summed E-state index contributed by atoms with van der Waals surface area (Å²) in [6.45, 7) is 0. The molecule has 4 rings (SSSR count). The molecule has 2 aliphatic heterocycles. The fourth-order valence-electron chi connectivity index (χ4n) is 3.08. The summed E-state index contributed by atoms with van der Waals surface area (Å²) in [5.41, 5.74) is 11.0. The normalized spacial score (nSPS) is 29.9. The van der Waals surface area contributed by atoms with Crippen LogP contribution in [0.3, 0.4) is 0 Å². The van der Waals surface area contributed by atoms with Gasteiger partial charge >= 0.3 is 0 Å². The second kappa shape index (κ2) is 7.91. The van der Waals surface area contributed by atoms with E-state index >= 15 is 0 Å². The Kier molecular flexibility index (Phi) is 5.61. The number of thioether (sulfide) groups is 2. The molecule has 0 radical (unpaired) electrons. The van der Waals surface area contributed by atoms with Crippen molar-refractivity contribution >= 4 is 23.5 Å². The lowest BCUT2D eigenvalue weighted by Gasteiger charge is -2.22. The van der Waals surface area contributed by atoms with Crippen molar-refractivity contribution in [3.63, 3.8) is 0 Å². The van der Waals surface area contributed by atoms with Gasteiger partial charge in [0, 0.05) is 23.6 Å². The molecule has 0 bridgehead atoms. The summed E-state index contributed by atoms with van der Waals surface area (Å²) in [6, 6.07) is 7.33. The Labute approximate surface area is 156 Å². The number of hydrazine groups is 3. The maximum Gasteiger partial charge on any atom is 0.161 e. The third-order valence-corrected chi connectivity index (χ3v) is 7.18. The number of nitrogens with zero attached hydrogens (tertiary/aromatic N) is 1. The molecule has 1 aromatic rings. The first-order chi connectivity index (χ1) is 12.3. The van der Waals surface area contributed by atoms with Crippen LogP contribution in [0.1, 0.15) is 23.8 Å². The standard InChI is InChI=1S/C16H25N5O2S2/c1-22-13-6-3-10(7-14(13)23-2)15-17-11(8-24-15)9-25-16-18-19-20-21(16)12-4-5-12/h3,6-7,11-12,15-20H,4-5,8-9H2,1-2H3. The molecule has 1 saturated carbocycles. The van der Waals surface area contributed by atoms with E-state index in [4.69, 9.17) is 9.47 Å². The van der Waals surface area contributed by atoms with Gasteiger partial charge in [-0.15, -0.1) is 23.5 Å². The largest absolute Gasteiger partial charge is 0.493 e. The van der Waals surface area contributed by atoms with Gasteiger partial charge in [-0.05, 0) is 30.5 Å². The third-order valence-electron chi connectivity index (χ3n) is 4.59. The van der Waals surface area contributed by atoms with Crippen LogP contribution in [0.15, 0.2) is 18.2 Å². The predicted octanol–water partition coefficient (Wildman–Crippen LogP) is 1.42. The minimum atomic E-state index is 0.291. The number of hydrogen-bond donors (Lipinski definition) is 4. The van der Waals surface area contributed by atoms with Crippen molar-refractivity contribution in [1.29, 1.82) is 0 Å². The zero-order chi connectivity index (χ0) is 17.2. The molecule has 0 spiro atoms. The second-order valence-electron chi connectivity index (χ2n) is 6.40. The van der Waals surface area contributed by atoms with Crippen molar-refractivity contribution < 1.29 is 9.47 Å². The molecule has 3 unspecified atom stereocenters. The van der Waals surface area contributed by atoms with Crippen LogP contribution < -0.4 is 31.3 Å². The van der Waals surface area contributed by atoms with E-state index in [-0.39, 0.29) is 0 Å². The topological polar surface area (TPSA) is 69.8 Å². The molecule has 2 saturated heterocycles.